The Morgan fingerprint density at radius 2 is 1.96 bits per heavy atom. The zero-order valence-electron chi connectivity index (χ0n) is 17.5. The van der Waals surface area contributed by atoms with E-state index in [1.165, 1.54) is 19.3 Å². The lowest BCUT2D eigenvalue weighted by Crippen LogP contribution is -2.69. The molecule has 1 spiro atoms. The number of guanidine groups is 1. The lowest BCUT2D eigenvalue weighted by molar-refractivity contribution is -0.168. The van der Waals surface area contributed by atoms with Gasteiger partial charge in [-0.15, -0.1) is 0 Å². The number of rotatable bonds is 6. The Kier molecular flexibility index (Phi) is 6.66. The molecule has 0 aromatic heterocycles. The molecule has 0 aromatic rings. The van der Waals surface area contributed by atoms with Crippen LogP contribution in [0.15, 0.2) is 4.99 Å². The summed E-state index contributed by atoms with van der Waals surface area (Å²) in [6.45, 7) is 6.93. The third-order valence-corrected chi connectivity index (χ3v) is 6.79. The zero-order valence-corrected chi connectivity index (χ0v) is 17.5. The monoisotopic (exact) mass is 378 g/mol. The Morgan fingerprint density at radius 1 is 1.19 bits per heavy atom. The van der Waals surface area contributed by atoms with Gasteiger partial charge in [-0.25, -0.2) is 0 Å². The van der Waals surface area contributed by atoms with Crippen LogP contribution in [0.4, 0.5) is 0 Å². The van der Waals surface area contributed by atoms with Gasteiger partial charge in [0.15, 0.2) is 5.96 Å². The number of hydrogen-bond donors (Lipinski definition) is 3. The molecule has 0 heterocycles. The summed E-state index contributed by atoms with van der Waals surface area (Å²) in [6, 6.07) is 0.974. The minimum absolute atomic E-state index is 0.112. The fourth-order valence-corrected chi connectivity index (χ4v) is 5.13. The molecule has 6 nitrogen and oxygen atoms in total. The molecule has 4 atom stereocenters. The van der Waals surface area contributed by atoms with E-state index in [2.05, 4.69) is 27.9 Å². The lowest BCUT2D eigenvalue weighted by atomic mass is 9.51. The molecule has 3 saturated carbocycles. The van der Waals surface area contributed by atoms with Crippen molar-refractivity contribution in [2.75, 3.05) is 13.7 Å². The Morgan fingerprint density at radius 3 is 2.56 bits per heavy atom. The van der Waals surface area contributed by atoms with Crippen LogP contribution in [0.3, 0.4) is 0 Å². The normalized spacial score (nSPS) is 32.6. The van der Waals surface area contributed by atoms with E-state index >= 15 is 0 Å². The Bertz CT molecular complexity index is 544. The number of amides is 1. The Hall–Kier alpha value is -1.30. The van der Waals surface area contributed by atoms with Crippen LogP contribution in [0, 0.1) is 11.3 Å². The molecule has 0 saturated heterocycles. The molecular weight excluding hydrogens is 340 g/mol. The molecule has 0 radical (unpaired) electrons. The highest BCUT2D eigenvalue weighted by atomic mass is 16.5. The Labute approximate surface area is 164 Å². The summed E-state index contributed by atoms with van der Waals surface area (Å²) in [6.07, 6.45) is 9.36. The summed E-state index contributed by atoms with van der Waals surface area (Å²) >= 11 is 0. The van der Waals surface area contributed by atoms with Gasteiger partial charge >= 0.3 is 0 Å². The van der Waals surface area contributed by atoms with Crippen LogP contribution in [0.1, 0.15) is 72.1 Å². The molecule has 3 rings (SSSR count). The molecule has 3 N–H and O–H groups in total. The van der Waals surface area contributed by atoms with E-state index in [-0.39, 0.29) is 17.9 Å². The largest absolute Gasteiger partial charge is 0.378 e. The van der Waals surface area contributed by atoms with Crippen LogP contribution in [-0.4, -0.2) is 49.8 Å². The van der Waals surface area contributed by atoms with Gasteiger partial charge in [0.1, 0.15) is 0 Å². The van der Waals surface area contributed by atoms with E-state index in [9.17, 15) is 4.79 Å². The molecule has 0 aromatic carbocycles. The predicted molar refractivity (Wildman–Crippen MR) is 109 cm³/mol. The van der Waals surface area contributed by atoms with E-state index in [0.29, 0.717) is 23.6 Å². The SMILES string of the molecule is CCOC1CC(NC(=NC)NC2CCCC(C(=O)NC(C)C)C2)C12CCC2. The standard InChI is InChI=1S/C21H38N4O2/c1-5-27-18-13-17(21(18)10-7-11-21)25-20(22-4)24-16-9-6-8-15(12-16)19(26)23-14(2)3/h14-18H,5-13H2,1-4H3,(H,23,26)(H2,22,24,25). The van der Waals surface area contributed by atoms with Crippen LogP contribution < -0.4 is 16.0 Å². The molecule has 27 heavy (non-hydrogen) atoms. The van der Waals surface area contributed by atoms with Crippen LogP contribution in [0.2, 0.25) is 0 Å². The van der Waals surface area contributed by atoms with E-state index < -0.39 is 0 Å². The maximum atomic E-state index is 12.4. The zero-order chi connectivity index (χ0) is 19.4. The quantitative estimate of drug-likeness (QED) is 0.491. The van der Waals surface area contributed by atoms with E-state index in [1.807, 2.05) is 20.9 Å². The maximum absolute atomic E-state index is 12.4. The van der Waals surface area contributed by atoms with Gasteiger partial charge in [0.2, 0.25) is 5.91 Å². The first-order valence-electron chi connectivity index (χ1n) is 10.9. The second-order valence-corrected chi connectivity index (χ2v) is 8.90. The molecule has 6 heteroatoms. The molecule has 3 aliphatic rings. The van der Waals surface area contributed by atoms with Gasteiger partial charge in [-0.2, -0.15) is 0 Å². The van der Waals surface area contributed by atoms with E-state index in [4.69, 9.17) is 4.74 Å². The van der Waals surface area contributed by atoms with Crippen molar-refractivity contribution in [1.82, 2.24) is 16.0 Å². The van der Waals surface area contributed by atoms with Crippen LogP contribution in [0.25, 0.3) is 0 Å². The fraction of sp³-hybridized carbons (Fsp3) is 0.905. The predicted octanol–water partition coefficient (Wildman–Crippen LogP) is 2.58. The average molecular weight is 379 g/mol. The number of ether oxygens (including phenoxy) is 1. The van der Waals surface area contributed by atoms with Crippen LogP contribution in [-0.2, 0) is 9.53 Å². The highest BCUT2D eigenvalue weighted by molar-refractivity contribution is 5.81. The lowest BCUT2D eigenvalue weighted by Gasteiger charge is -2.61. The molecule has 3 aliphatic carbocycles. The average Bonchev–Trinajstić information content (AvgIpc) is 2.58. The third kappa shape index (κ3) is 4.41. The van der Waals surface area contributed by atoms with Crippen molar-refractivity contribution >= 4 is 11.9 Å². The Balaban J connectivity index is 1.51. The van der Waals surface area contributed by atoms with Gasteiger partial charge in [0, 0.05) is 43.1 Å². The first-order chi connectivity index (χ1) is 13.0. The number of nitrogens with one attached hydrogen (secondary N) is 3. The van der Waals surface area contributed by atoms with E-state index in [1.54, 1.807) is 0 Å². The summed E-state index contributed by atoms with van der Waals surface area (Å²) < 4.78 is 5.96. The number of nitrogens with zero attached hydrogens (tertiary/aromatic N) is 1. The third-order valence-electron chi connectivity index (χ3n) is 6.79. The summed E-state index contributed by atoms with van der Waals surface area (Å²) in [5.41, 5.74) is 0.319. The molecule has 3 fully saturated rings. The molecular formula is C21H38N4O2. The van der Waals surface area contributed by atoms with Gasteiger partial charge in [0.25, 0.3) is 0 Å². The molecule has 0 aliphatic heterocycles. The minimum atomic E-state index is 0.112. The fourth-order valence-electron chi connectivity index (χ4n) is 5.13. The van der Waals surface area contributed by atoms with Crippen LogP contribution >= 0.6 is 0 Å². The smallest absolute Gasteiger partial charge is 0.223 e. The van der Waals surface area contributed by atoms with Gasteiger partial charge in [-0.05, 0) is 59.3 Å². The number of carbonyl (C=O) groups excluding carboxylic acids is 1. The van der Waals surface area contributed by atoms with Gasteiger partial charge in [-0.3, -0.25) is 9.79 Å². The second-order valence-electron chi connectivity index (χ2n) is 8.90. The summed E-state index contributed by atoms with van der Waals surface area (Å²) in [5, 5.41) is 10.3. The molecule has 1 amide bonds. The van der Waals surface area contributed by atoms with Crippen molar-refractivity contribution in [1.29, 1.82) is 0 Å². The topological polar surface area (TPSA) is 74.8 Å². The van der Waals surface area contributed by atoms with E-state index in [0.717, 1.165) is 44.7 Å². The maximum Gasteiger partial charge on any atom is 0.223 e. The summed E-state index contributed by atoms with van der Waals surface area (Å²) in [5.74, 6) is 1.20. The first kappa shape index (κ1) is 20.4. The van der Waals surface area contributed by atoms with Crippen molar-refractivity contribution in [3.8, 4) is 0 Å². The summed E-state index contributed by atoms with van der Waals surface area (Å²) in [7, 11) is 1.84. The molecule has 154 valence electrons. The van der Waals surface area contributed by atoms with Crippen molar-refractivity contribution in [2.24, 2.45) is 16.3 Å². The number of hydrogen-bond acceptors (Lipinski definition) is 3. The van der Waals surface area contributed by atoms with Crippen molar-refractivity contribution in [3.05, 3.63) is 0 Å². The highest BCUT2D eigenvalue weighted by Gasteiger charge is 2.59. The van der Waals surface area contributed by atoms with Gasteiger partial charge < -0.3 is 20.7 Å². The van der Waals surface area contributed by atoms with Gasteiger partial charge in [-0.1, -0.05) is 12.8 Å². The van der Waals surface area contributed by atoms with Gasteiger partial charge in [0.05, 0.1) is 6.10 Å². The minimum Gasteiger partial charge on any atom is -0.378 e. The van der Waals surface area contributed by atoms with Crippen molar-refractivity contribution < 1.29 is 9.53 Å². The number of carbonyl (C=O) groups is 1. The second kappa shape index (κ2) is 8.80. The van der Waals surface area contributed by atoms with Crippen molar-refractivity contribution in [2.45, 2.75) is 96.4 Å². The summed E-state index contributed by atoms with van der Waals surface area (Å²) in [4.78, 5) is 16.8. The molecule has 4 unspecified atom stereocenters. The number of aliphatic imine (C=N–C) groups is 1. The molecule has 0 bridgehead atoms. The first-order valence-corrected chi connectivity index (χ1v) is 10.9. The van der Waals surface area contributed by atoms with Crippen molar-refractivity contribution in [3.63, 3.8) is 0 Å². The highest BCUT2D eigenvalue weighted by Crippen LogP contribution is 2.57. The van der Waals surface area contributed by atoms with Crippen LogP contribution in [0.5, 0.6) is 0 Å².